The van der Waals surface area contributed by atoms with Crippen molar-refractivity contribution in [2.75, 3.05) is 7.05 Å². The van der Waals surface area contributed by atoms with E-state index in [4.69, 9.17) is 24.4 Å². The summed E-state index contributed by atoms with van der Waals surface area (Å²) >= 11 is 10.1. The second-order valence-electron chi connectivity index (χ2n) is 2.66. The molecule has 0 spiro atoms. The summed E-state index contributed by atoms with van der Waals surface area (Å²) in [6.07, 6.45) is 1.33. The van der Waals surface area contributed by atoms with Gasteiger partial charge >= 0.3 is 0 Å². The molecule has 2 atom stereocenters. The SMILES string of the molecule is CNC(=S)C(=S)N1C2CC21. The molecule has 2 nitrogen and oxygen atoms in total. The Bertz CT molecular complexity index is 206. The molecule has 0 aromatic heterocycles. The minimum absolute atomic E-state index is 0.710. The second kappa shape index (κ2) is 1.89. The molecule has 1 saturated heterocycles. The van der Waals surface area contributed by atoms with Gasteiger partial charge in [-0.15, -0.1) is 0 Å². The maximum atomic E-state index is 5.09. The van der Waals surface area contributed by atoms with E-state index in [1.54, 1.807) is 0 Å². The van der Waals surface area contributed by atoms with E-state index in [0.29, 0.717) is 4.99 Å². The first-order valence-corrected chi connectivity index (χ1v) is 4.11. The molecular formula is C6H8N2S2. The molecule has 4 heteroatoms. The Kier molecular flexibility index (Phi) is 1.22. The Labute approximate surface area is 70.6 Å². The molecule has 2 aliphatic rings. The molecule has 0 amide bonds. The van der Waals surface area contributed by atoms with Gasteiger partial charge in [0.2, 0.25) is 0 Å². The number of likely N-dealkylation sites (tertiary alicyclic amines) is 1. The van der Waals surface area contributed by atoms with Crippen molar-refractivity contribution in [3.63, 3.8) is 0 Å². The number of rotatable bonds is 0. The normalized spacial score (nSPS) is 32.7. The molecular weight excluding hydrogens is 164 g/mol. The van der Waals surface area contributed by atoms with Crippen molar-refractivity contribution < 1.29 is 0 Å². The molecule has 1 N–H and O–H groups in total. The molecule has 2 fully saturated rings. The van der Waals surface area contributed by atoms with Gasteiger partial charge in [0, 0.05) is 7.05 Å². The Morgan fingerprint density at radius 3 is 2.40 bits per heavy atom. The average Bonchev–Trinajstić information content (AvgIpc) is 2.71. The number of hydrogen-bond acceptors (Lipinski definition) is 2. The van der Waals surface area contributed by atoms with E-state index in [9.17, 15) is 0 Å². The minimum atomic E-state index is 0.710. The van der Waals surface area contributed by atoms with Crippen molar-refractivity contribution in [3.8, 4) is 0 Å². The molecule has 1 heterocycles. The van der Waals surface area contributed by atoms with E-state index >= 15 is 0 Å². The van der Waals surface area contributed by atoms with Crippen molar-refractivity contribution in [2.45, 2.75) is 18.5 Å². The second-order valence-corrected chi connectivity index (χ2v) is 3.46. The third-order valence-electron chi connectivity index (χ3n) is 2.00. The summed E-state index contributed by atoms with van der Waals surface area (Å²) < 4.78 is 0. The van der Waals surface area contributed by atoms with E-state index in [-0.39, 0.29) is 0 Å². The fourth-order valence-corrected chi connectivity index (χ4v) is 1.60. The third kappa shape index (κ3) is 0.754. The van der Waals surface area contributed by atoms with E-state index in [2.05, 4.69) is 10.2 Å². The van der Waals surface area contributed by atoms with Crippen LogP contribution in [-0.2, 0) is 0 Å². The van der Waals surface area contributed by atoms with Gasteiger partial charge in [0.25, 0.3) is 0 Å². The highest BCUT2D eigenvalue weighted by atomic mass is 32.1. The van der Waals surface area contributed by atoms with Gasteiger partial charge in [-0.2, -0.15) is 0 Å². The van der Waals surface area contributed by atoms with Gasteiger partial charge < -0.3 is 10.2 Å². The zero-order valence-electron chi connectivity index (χ0n) is 5.63. The lowest BCUT2D eigenvalue weighted by Gasteiger charge is -2.11. The lowest BCUT2D eigenvalue weighted by Crippen LogP contribution is -2.32. The maximum absolute atomic E-state index is 5.09. The van der Waals surface area contributed by atoms with E-state index in [1.807, 2.05) is 7.05 Å². The largest absolute Gasteiger partial charge is 0.377 e. The van der Waals surface area contributed by atoms with Crippen LogP contribution in [-0.4, -0.2) is 34.0 Å². The zero-order chi connectivity index (χ0) is 7.30. The number of nitrogens with zero attached hydrogens (tertiary/aromatic N) is 1. The first-order chi connectivity index (χ1) is 4.75. The Balaban J connectivity index is 1.93. The van der Waals surface area contributed by atoms with Crippen LogP contribution in [0, 0.1) is 0 Å². The lowest BCUT2D eigenvalue weighted by molar-refractivity contribution is 0.618. The quantitative estimate of drug-likeness (QED) is 0.418. The number of likely N-dealkylation sites (N-methyl/N-ethyl adjacent to an activating group) is 1. The van der Waals surface area contributed by atoms with Gasteiger partial charge in [0.05, 0.1) is 12.1 Å². The summed E-state index contributed by atoms with van der Waals surface area (Å²) in [7, 11) is 1.81. The Morgan fingerprint density at radius 2 is 2.10 bits per heavy atom. The first kappa shape index (κ1) is 6.49. The third-order valence-corrected chi connectivity index (χ3v) is 2.95. The maximum Gasteiger partial charge on any atom is 0.137 e. The van der Waals surface area contributed by atoms with Gasteiger partial charge in [-0.05, 0) is 6.42 Å². The van der Waals surface area contributed by atoms with E-state index in [1.165, 1.54) is 6.42 Å². The molecule has 2 rings (SSSR count). The van der Waals surface area contributed by atoms with Crippen LogP contribution in [0.3, 0.4) is 0 Å². The Morgan fingerprint density at radius 1 is 1.50 bits per heavy atom. The van der Waals surface area contributed by atoms with Crippen LogP contribution in [0.25, 0.3) is 0 Å². The summed E-state index contributed by atoms with van der Waals surface area (Å²) in [4.78, 5) is 3.73. The smallest absolute Gasteiger partial charge is 0.137 e. The number of thiocarbonyl (C=S) groups is 2. The lowest BCUT2D eigenvalue weighted by atomic mass is 10.5. The topological polar surface area (TPSA) is 15.0 Å². The average molecular weight is 172 g/mol. The summed E-state index contributed by atoms with van der Waals surface area (Å²) in [6, 6.07) is 1.53. The van der Waals surface area contributed by atoms with Gasteiger partial charge in [-0.3, -0.25) is 0 Å². The van der Waals surface area contributed by atoms with Crippen molar-refractivity contribution in [2.24, 2.45) is 0 Å². The molecule has 0 aromatic carbocycles. The number of hydrogen-bond donors (Lipinski definition) is 1. The zero-order valence-corrected chi connectivity index (χ0v) is 7.26. The molecule has 10 heavy (non-hydrogen) atoms. The highest BCUT2D eigenvalue weighted by Crippen LogP contribution is 2.50. The van der Waals surface area contributed by atoms with Crippen LogP contribution in [0.1, 0.15) is 6.42 Å². The predicted octanol–water partition coefficient (Wildman–Crippen LogP) is 0.317. The molecule has 0 radical (unpaired) electrons. The van der Waals surface area contributed by atoms with Crippen molar-refractivity contribution >= 4 is 34.4 Å². The molecule has 2 unspecified atom stereocenters. The Hall–Kier alpha value is -0.220. The van der Waals surface area contributed by atoms with Gasteiger partial charge in [-0.1, -0.05) is 24.4 Å². The summed E-state index contributed by atoms with van der Waals surface area (Å²) in [5, 5.41) is 2.88. The van der Waals surface area contributed by atoms with Crippen LogP contribution in [0.4, 0.5) is 0 Å². The van der Waals surface area contributed by atoms with Crippen LogP contribution < -0.4 is 5.32 Å². The monoisotopic (exact) mass is 172 g/mol. The number of fused-ring (bicyclic) bond motifs is 1. The summed E-state index contributed by atoms with van der Waals surface area (Å²) in [5.41, 5.74) is 0. The first-order valence-electron chi connectivity index (χ1n) is 3.30. The predicted molar refractivity (Wildman–Crippen MR) is 48.3 cm³/mol. The fraction of sp³-hybridized carbons (Fsp3) is 0.667. The standard InChI is InChI=1S/C6H8N2S2/c1-7-5(9)6(10)8-3-2-4(3)8/h3-4H,2H2,1H3,(H,7,9). The van der Waals surface area contributed by atoms with Gasteiger partial charge in [0.15, 0.2) is 0 Å². The summed E-state index contributed by atoms with van der Waals surface area (Å²) in [5.74, 6) is 0. The van der Waals surface area contributed by atoms with Crippen LogP contribution in [0.15, 0.2) is 0 Å². The minimum Gasteiger partial charge on any atom is -0.377 e. The van der Waals surface area contributed by atoms with Crippen LogP contribution >= 0.6 is 24.4 Å². The van der Waals surface area contributed by atoms with Crippen molar-refractivity contribution in [1.82, 2.24) is 10.2 Å². The van der Waals surface area contributed by atoms with Crippen LogP contribution in [0.5, 0.6) is 0 Å². The molecule has 1 aliphatic heterocycles. The summed E-state index contributed by atoms with van der Waals surface area (Å²) in [6.45, 7) is 0. The number of nitrogens with one attached hydrogen (secondary N) is 1. The molecule has 0 aromatic rings. The highest BCUT2D eigenvalue weighted by molar-refractivity contribution is 7.89. The van der Waals surface area contributed by atoms with Crippen LogP contribution in [0.2, 0.25) is 0 Å². The molecule has 54 valence electrons. The van der Waals surface area contributed by atoms with Crippen molar-refractivity contribution in [3.05, 3.63) is 0 Å². The van der Waals surface area contributed by atoms with E-state index in [0.717, 1.165) is 17.1 Å². The highest BCUT2D eigenvalue weighted by Gasteiger charge is 2.64. The molecule has 1 aliphatic carbocycles. The van der Waals surface area contributed by atoms with Gasteiger partial charge in [0.1, 0.15) is 9.98 Å². The van der Waals surface area contributed by atoms with Crippen molar-refractivity contribution in [1.29, 1.82) is 0 Å². The molecule has 0 bridgehead atoms. The van der Waals surface area contributed by atoms with Gasteiger partial charge in [-0.25, -0.2) is 0 Å². The molecule has 1 saturated carbocycles. The van der Waals surface area contributed by atoms with E-state index < -0.39 is 0 Å². The fourth-order valence-electron chi connectivity index (χ4n) is 1.12.